The molecule has 0 aliphatic heterocycles. The van der Waals surface area contributed by atoms with Crippen LogP contribution in [-0.2, 0) is 4.79 Å². The highest BCUT2D eigenvalue weighted by Crippen LogP contribution is 2.25. The van der Waals surface area contributed by atoms with E-state index in [4.69, 9.17) is 17.0 Å². The molecule has 2 amide bonds. The number of hydrogen-bond donors (Lipinski definition) is 3. The Balaban J connectivity index is 2.43. The predicted octanol–water partition coefficient (Wildman–Crippen LogP) is 2.67. The Morgan fingerprint density at radius 3 is 2.61 bits per heavy atom. The number of hydrazine groups is 1. The van der Waals surface area contributed by atoms with Gasteiger partial charge in [0.15, 0.2) is 5.11 Å². The Kier molecular flexibility index (Phi) is 8.57. The van der Waals surface area contributed by atoms with Crippen molar-refractivity contribution in [3.8, 4) is 5.75 Å². The summed E-state index contributed by atoms with van der Waals surface area (Å²) in [5.74, 6) is 0.0786. The standard InChI is InChI=1S/C15H20BrN3O3S/c1-3-4-5-6-13(20)18-19-15(23)17-14(21)10-7-8-12(22-2)11(16)9-10/h7-9H,3-6H2,1-2H3,(H,18,20)(H2,17,19,21,23). The van der Waals surface area contributed by atoms with Crippen molar-refractivity contribution in [2.75, 3.05) is 7.11 Å². The highest BCUT2D eigenvalue weighted by molar-refractivity contribution is 9.10. The maximum Gasteiger partial charge on any atom is 0.257 e. The number of halogens is 1. The van der Waals surface area contributed by atoms with E-state index in [1.165, 1.54) is 0 Å². The number of nitrogens with one attached hydrogen (secondary N) is 3. The van der Waals surface area contributed by atoms with Crippen molar-refractivity contribution in [3.63, 3.8) is 0 Å². The van der Waals surface area contributed by atoms with Crippen LogP contribution in [0.1, 0.15) is 43.0 Å². The number of carbonyl (C=O) groups is 2. The van der Waals surface area contributed by atoms with Gasteiger partial charge < -0.3 is 4.74 Å². The molecule has 0 unspecified atom stereocenters. The van der Waals surface area contributed by atoms with E-state index in [-0.39, 0.29) is 16.9 Å². The van der Waals surface area contributed by atoms with Gasteiger partial charge in [-0.25, -0.2) is 0 Å². The second kappa shape index (κ2) is 10.2. The van der Waals surface area contributed by atoms with Crippen LogP contribution in [0.15, 0.2) is 22.7 Å². The molecule has 0 bridgehead atoms. The molecular weight excluding hydrogens is 382 g/mol. The summed E-state index contributed by atoms with van der Waals surface area (Å²) in [4.78, 5) is 23.6. The van der Waals surface area contributed by atoms with E-state index in [0.717, 1.165) is 19.3 Å². The molecule has 0 radical (unpaired) electrons. The lowest BCUT2D eigenvalue weighted by Crippen LogP contribution is -2.48. The summed E-state index contributed by atoms with van der Waals surface area (Å²) in [5, 5.41) is 2.52. The van der Waals surface area contributed by atoms with Gasteiger partial charge in [0.25, 0.3) is 5.91 Å². The number of rotatable bonds is 6. The minimum Gasteiger partial charge on any atom is -0.496 e. The highest BCUT2D eigenvalue weighted by Gasteiger charge is 2.11. The van der Waals surface area contributed by atoms with Crippen LogP contribution in [-0.4, -0.2) is 24.0 Å². The van der Waals surface area contributed by atoms with E-state index in [1.54, 1.807) is 25.3 Å². The van der Waals surface area contributed by atoms with Crippen molar-refractivity contribution < 1.29 is 14.3 Å². The minimum absolute atomic E-state index is 0.0331. The van der Waals surface area contributed by atoms with Crippen LogP contribution in [0.5, 0.6) is 5.75 Å². The van der Waals surface area contributed by atoms with Crippen molar-refractivity contribution in [2.24, 2.45) is 0 Å². The molecule has 0 saturated carbocycles. The molecule has 0 aliphatic carbocycles. The number of amides is 2. The SMILES string of the molecule is CCCCCC(=O)NNC(=S)NC(=O)c1ccc(OC)c(Br)c1. The summed E-state index contributed by atoms with van der Waals surface area (Å²) in [6.07, 6.45) is 3.29. The zero-order valence-corrected chi connectivity index (χ0v) is 15.5. The average molecular weight is 402 g/mol. The first-order valence-electron chi connectivity index (χ1n) is 7.21. The molecule has 8 heteroatoms. The lowest BCUT2D eigenvalue weighted by atomic mass is 10.2. The van der Waals surface area contributed by atoms with Crippen LogP contribution in [0.25, 0.3) is 0 Å². The first-order valence-corrected chi connectivity index (χ1v) is 8.41. The molecule has 1 aromatic rings. The second-order valence-electron chi connectivity index (χ2n) is 4.76. The third kappa shape index (κ3) is 6.96. The van der Waals surface area contributed by atoms with Crippen LogP contribution in [0, 0.1) is 0 Å². The van der Waals surface area contributed by atoms with Gasteiger partial charge in [-0.3, -0.25) is 25.8 Å². The van der Waals surface area contributed by atoms with E-state index in [1.807, 2.05) is 0 Å². The van der Waals surface area contributed by atoms with Gasteiger partial charge in [-0.2, -0.15) is 0 Å². The smallest absolute Gasteiger partial charge is 0.257 e. The summed E-state index contributed by atoms with van der Waals surface area (Å²) >= 11 is 8.28. The maximum absolute atomic E-state index is 12.0. The summed E-state index contributed by atoms with van der Waals surface area (Å²) in [6, 6.07) is 4.91. The normalized spacial score (nSPS) is 9.87. The Labute approximate surface area is 149 Å². The van der Waals surface area contributed by atoms with Crippen LogP contribution >= 0.6 is 28.1 Å². The Morgan fingerprint density at radius 2 is 2.00 bits per heavy atom. The maximum atomic E-state index is 12.0. The van der Waals surface area contributed by atoms with Gasteiger partial charge in [0, 0.05) is 12.0 Å². The molecule has 3 N–H and O–H groups in total. The molecule has 0 saturated heterocycles. The molecule has 23 heavy (non-hydrogen) atoms. The molecule has 0 aliphatic rings. The number of hydrogen-bond acceptors (Lipinski definition) is 4. The minimum atomic E-state index is -0.383. The van der Waals surface area contributed by atoms with Gasteiger partial charge in [0.2, 0.25) is 5.91 Å². The van der Waals surface area contributed by atoms with Crippen molar-refractivity contribution in [3.05, 3.63) is 28.2 Å². The Bertz CT molecular complexity index is 581. The largest absolute Gasteiger partial charge is 0.496 e. The van der Waals surface area contributed by atoms with E-state index >= 15 is 0 Å². The van der Waals surface area contributed by atoms with Crippen LogP contribution < -0.4 is 20.9 Å². The second-order valence-corrected chi connectivity index (χ2v) is 6.03. The number of ether oxygens (including phenoxy) is 1. The van der Waals surface area contributed by atoms with E-state index in [2.05, 4.69) is 39.0 Å². The first-order chi connectivity index (χ1) is 11.0. The molecule has 126 valence electrons. The van der Waals surface area contributed by atoms with Gasteiger partial charge >= 0.3 is 0 Å². The fourth-order valence-corrected chi connectivity index (χ4v) is 2.42. The van der Waals surface area contributed by atoms with Crippen molar-refractivity contribution in [1.82, 2.24) is 16.2 Å². The third-order valence-electron chi connectivity index (χ3n) is 2.96. The highest BCUT2D eigenvalue weighted by atomic mass is 79.9. The first kappa shape index (κ1) is 19.4. The topological polar surface area (TPSA) is 79.5 Å². The van der Waals surface area contributed by atoms with Crippen molar-refractivity contribution in [2.45, 2.75) is 32.6 Å². The van der Waals surface area contributed by atoms with Gasteiger partial charge in [0.1, 0.15) is 5.75 Å². The monoisotopic (exact) mass is 401 g/mol. The molecule has 0 heterocycles. The summed E-state index contributed by atoms with van der Waals surface area (Å²) < 4.78 is 5.76. The zero-order chi connectivity index (χ0) is 17.2. The Hall–Kier alpha value is -1.67. The van der Waals surface area contributed by atoms with Gasteiger partial charge in [0.05, 0.1) is 11.6 Å². The molecule has 1 rings (SSSR count). The zero-order valence-electron chi connectivity index (χ0n) is 13.1. The van der Waals surface area contributed by atoms with Crippen molar-refractivity contribution in [1.29, 1.82) is 0 Å². The molecule has 0 aromatic heterocycles. The average Bonchev–Trinajstić information content (AvgIpc) is 2.53. The number of thiocarbonyl (C=S) groups is 1. The van der Waals surface area contributed by atoms with E-state index in [9.17, 15) is 9.59 Å². The molecule has 0 atom stereocenters. The van der Waals surface area contributed by atoms with Crippen molar-refractivity contribution >= 4 is 45.1 Å². The molecule has 0 fully saturated rings. The third-order valence-corrected chi connectivity index (χ3v) is 3.79. The molecule has 0 spiro atoms. The Morgan fingerprint density at radius 1 is 1.26 bits per heavy atom. The number of carbonyl (C=O) groups excluding carboxylic acids is 2. The van der Waals surface area contributed by atoms with Gasteiger partial charge in [-0.05, 0) is 52.8 Å². The molecule has 6 nitrogen and oxygen atoms in total. The lowest BCUT2D eigenvalue weighted by molar-refractivity contribution is -0.121. The summed E-state index contributed by atoms with van der Waals surface area (Å²) in [6.45, 7) is 2.07. The fourth-order valence-electron chi connectivity index (χ4n) is 1.74. The number of benzene rings is 1. The van der Waals surface area contributed by atoms with Gasteiger partial charge in [-0.15, -0.1) is 0 Å². The quantitative estimate of drug-likeness (QED) is 0.387. The number of methoxy groups -OCH3 is 1. The summed E-state index contributed by atoms with van der Waals surface area (Å²) in [5.41, 5.74) is 5.38. The molecular formula is C15H20BrN3O3S. The van der Waals surface area contributed by atoms with Crippen LogP contribution in [0.2, 0.25) is 0 Å². The number of unbranched alkanes of at least 4 members (excludes halogenated alkanes) is 2. The lowest BCUT2D eigenvalue weighted by Gasteiger charge is -2.11. The van der Waals surface area contributed by atoms with Crippen LogP contribution in [0.4, 0.5) is 0 Å². The molecule has 1 aromatic carbocycles. The summed E-state index contributed by atoms with van der Waals surface area (Å²) in [7, 11) is 1.54. The van der Waals surface area contributed by atoms with Gasteiger partial charge in [-0.1, -0.05) is 19.8 Å². The fraction of sp³-hybridized carbons (Fsp3) is 0.400. The van der Waals surface area contributed by atoms with E-state index < -0.39 is 0 Å². The predicted molar refractivity (Wildman–Crippen MR) is 96.2 cm³/mol. The van der Waals surface area contributed by atoms with E-state index in [0.29, 0.717) is 22.2 Å². The van der Waals surface area contributed by atoms with Crippen LogP contribution in [0.3, 0.4) is 0 Å².